The van der Waals surface area contributed by atoms with Gasteiger partial charge in [0.1, 0.15) is 5.75 Å². The fourth-order valence-corrected chi connectivity index (χ4v) is 3.64. The Morgan fingerprint density at radius 2 is 2.00 bits per heavy atom. The maximum absolute atomic E-state index is 11.7. The maximum Gasteiger partial charge on any atom is 0.349 e. The molecule has 0 radical (unpaired) electrons. The van der Waals surface area contributed by atoms with Crippen molar-refractivity contribution in [3.63, 3.8) is 0 Å². The number of ether oxygens (including phenoxy) is 2. The molecule has 0 aliphatic rings. The second-order valence-electron chi connectivity index (χ2n) is 5.63. The number of rotatable bonds is 4. The third kappa shape index (κ3) is 3.16. The number of carbonyl (C=O) groups excluding carboxylic acids is 2. The van der Waals surface area contributed by atoms with E-state index in [-0.39, 0.29) is 0 Å². The highest BCUT2D eigenvalue weighted by Gasteiger charge is 2.12. The Bertz CT molecular complexity index is 1130. The van der Waals surface area contributed by atoms with Gasteiger partial charge in [0.15, 0.2) is 11.6 Å². The zero-order valence-corrected chi connectivity index (χ0v) is 14.7. The first-order valence-electron chi connectivity index (χ1n) is 7.91. The minimum Gasteiger partial charge on any atom is -0.454 e. The van der Waals surface area contributed by atoms with Crippen LogP contribution < -0.4 is 4.74 Å². The minimum absolute atomic E-state index is 0.376. The lowest BCUT2D eigenvalue weighted by Crippen LogP contribution is -2.17. The molecule has 0 spiro atoms. The first-order chi connectivity index (χ1) is 12.6. The molecule has 2 heterocycles. The Morgan fingerprint density at radius 1 is 1.15 bits per heavy atom. The van der Waals surface area contributed by atoms with Gasteiger partial charge in [-0.15, -0.1) is 0 Å². The van der Waals surface area contributed by atoms with Crippen LogP contribution in [0.3, 0.4) is 0 Å². The average Bonchev–Trinajstić information content (AvgIpc) is 3.18. The van der Waals surface area contributed by atoms with Crippen molar-refractivity contribution < 1.29 is 19.1 Å². The first kappa shape index (κ1) is 16.3. The van der Waals surface area contributed by atoms with Crippen LogP contribution in [0.1, 0.15) is 6.92 Å². The van der Waals surface area contributed by atoms with Crippen molar-refractivity contribution in [3.05, 3.63) is 54.7 Å². The number of nitrogens with zero attached hydrogens (tertiary/aromatic N) is 2. The van der Waals surface area contributed by atoms with Crippen molar-refractivity contribution in [1.82, 2.24) is 9.38 Å². The van der Waals surface area contributed by atoms with Gasteiger partial charge in [0.2, 0.25) is 0 Å². The number of imidazole rings is 1. The van der Waals surface area contributed by atoms with Gasteiger partial charge in [0.05, 0.1) is 15.9 Å². The molecular weight excluding hydrogens is 352 g/mol. The molecule has 4 rings (SSSR count). The number of aromatic nitrogens is 2. The summed E-state index contributed by atoms with van der Waals surface area (Å²) in [6, 6.07) is 15.2. The molecule has 0 bridgehead atoms. The highest BCUT2D eigenvalue weighted by atomic mass is 32.1. The number of carbonyl (C=O) groups is 2. The SMILES string of the molecule is CC(=O)OCC(=O)Oc1cccc(-c2cn3c(n2)sc2ccccc23)c1. The third-order valence-corrected chi connectivity index (χ3v) is 4.79. The van der Waals surface area contributed by atoms with E-state index in [1.165, 1.54) is 11.6 Å². The van der Waals surface area contributed by atoms with E-state index in [1.807, 2.05) is 24.4 Å². The van der Waals surface area contributed by atoms with Crippen molar-refractivity contribution in [2.24, 2.45) is 0 Å². The largest absolute Gasteiger partial charge is 0.454 e. The van der Waals surface area contributed by atoms with E-state index < -0.39 is 18.5 Å². The monoisotopic (exact) mass is 366 g/mol. The number of hydrogen-bond acceptors (Lipinski definition) is 6. The highest BCUT2D eigenvalue weighted by molar-refractivity contribution is 7.23. The van der Waals surface area contributed by atoms with Crippen LogP contribution in [-0.2, 0) is 14.3 Å². The molecule has 2 aromatic carbocycles. The van der Waals surface area contributed by atoms with Crippen LogP contribution in [0.25, 0.3) is 26.4 Å². The Labute approximate surface area is 152 Å². The van der Waals surface area contributed by atoms with Crippen LogP contribution >= 0.6 is 11.3 Å². The van der Waals surface area contributed by atoms with Crippen molar-refractivity contribution in [2.75, 3.05) is 6.61 Å². The van der Waals surface area contributed by atoms with E-state index in [2.05, 4.69) is 26.3 Å². The van der Waals surface area contributed by atoms with Crippen LogP contribution in [0.4, 0.5) is 0 Å². The van der Waals surface area contributed by atoms with Crippen LogP contribution in [0.5, 0.6) is 5.75 Å². The standard InChI is InChI=1S/C19H14N2O4S/c1-12(22)24-11-18(23)25-14-6-4-5-13(9-14)15-10-21-16-7-2-3-8-17(16)26-19(21)20-15/h2-10H,11H2,1H3. The zero-order chi connectivity index (χ0) is 18.1. The predicted octanol–water partition coefficient (Wildman–Crippen LogP) is 3.68. The lowest BCUT2D eigenvalue weighted by atomic mass is 10.1. The van der Waals surface area contributed by atoms with Crippen molar-refractivity contribution in [1.29, 1.82) is 0 Å². The molecule has 0 saturated heterocycles. The summed E-state index contributed by atoms with van der Waals surface area (Å²) in [4.78, 5) is 28.0. The van der Waals surface area contributed by atoms with E-state index in [0.29, 0.717) is 5.75 Å². The first-order valence-corrected chi connectivity index (χ1v) is 8.73. The van der Waals surface area contributed by atoms with Crippen molar-refractivity contribution >= 4 is 38.5 Å². The number of thiazole rings is 1. The van der Waals surface area contributed by atoms with E-state index in [4.69, 9.17) is 4.74 Å². The van der Waals surface area contributed by atoms with E-state index in [9.17, 15) is 9.59 Å². The van der Waals surface area contributed by atoms with Gasteiger partial charge in [-0.1, -0.05) is 35.6 Å². The molecular formula is C19H14N2O4S. The summed E-state index contributed by atoms with van der Waals surface area (Å²) >= 11 is 1.62. The summed E-state index contributed by atoms with van der Waals surface area (Å²) in [7, 11) is 0. The van der Waals surface area contributed by atoms with Gasteiger partial charge in [-0.05, 0) is 24.3 Å². The summed E-state index contributed by atoms with van der Waals surface area (Å²) in [5.74, 6) is -0.781. The normalized spacial score (nSPS) is 11.0. The Morgan fingerprint density at radius 3 is 2.85 bits per heavy atom. The smallest absolute Gasteiger partial charge is 0.349 e. The molecule has 0 N–H and O–H groups in total. The van der Waals surface area contributed by atoms with Crippen LogP contribution in [-0.4, -0.2) is 27.9 Å². The van der Waals surface area contributed by atoms with Crippen LogP contribution in [0.15, 0.2) is 54.7 Å². The number of benzene rings is 2. The van der Waals surface area contributed by atoms with E-state index >= 15 is 0 Å². The van der Waals surface area contributed by atoms with Crippen LogP contribution in [0, 0.1) is 0 Å². The van der Waals surface area contributed by atoms with Gasteiger partial charge in [0.25, 0.3) is 0 Å². The predicted molar refractivity (Wildman–Crippen MR) is 98.3 cm³/mol. The van der Waals surface area contributed by atoms with Gasteiger partial charge in [-0.3, -0.25) is 9.20 Å². The lowest BCUT2D eigenvalue weighted by Gasteiger charge is -2.05. The molecule has 0 saturated carbocycles. The number of fused-ring (bicyclic) bond motifs is 3. The maximum atomic E-state index is 11.7. The fourth-order valence-electron chi connectivity index (χ4n) is 2.63. The van der Waals surface area contributed by atoms with E-state index in [0.717, 1.165) is 21.7 Å². The van der Waals surface area contributed by atoms with E-state index in [1.54, 1.807) is 29.5 Å². The Hall–Kier alpha value is -3.19. The van der Waals surface area contributed by atoms with Gasteiger partial charge >= 0.3 is 11.9 Å². The molecule has 6 nitrogen and oxygen atoms in total. The van der Waals surface area contributed by atoms with Gasteiger partial charge in [0, 0.05) is 18.7 Å². The molecule has 26 heavy (non-hydrogen) atoms. The average molecular weight is 366 g/mol. The van der Waals surface area contributed by atoms with Crippen LogP contribution in [0.2, 0.25) is 0 Å². The number of esters is 2. The molecule has 0 aliphatic heterocycles. The fraction of sp³-hybridized carbons (Fsp3) is 0.105. The zero-order valence-electron chi connectivity index (χ0n) is 13.8. The number of hydrogen-bond donors (Lipinski definition) is 0. The van der Waals surface area contributed by atoms with Crippen molar-refractivity contribution in [2.45, 2.75) is 6.92 Å². The van der Waals surface area contributed by atoms with Gasteiger partial charge < -0.3 is 9.47 Å². The Balaban J connectivity index is 1.61. The molecule has 0 unspecified atom stereocenters. The van der Waals surface area contributed by atoms with Gasteiger partial charge in [-0.25, -0.2) is 9.78 Å². The minimum atomic E-state index is -0.630. The second-order valence-corrected chi connectivity index (χ2v) is 6.64. The third-order valence-electron chi connectivity index (χ3n) is 3.75. The second kappa shape index (κ2) is 6.61. The quantitative estimate of drug-likeness (QED) is 0.407. The topological polar surface area (TPSA) is 69.9 Å². The summed E-state index contributed by atoms with van der Waals surface area (Å²) in [5, 5.41) is 0. The molecule has 7 heteroatoms. The summed E-state index contributed by atoms with van der Waals surface area (Å²) in [6.07, 6.45) is 1.97. The molecule has 2 aromatic heterocycles. The Kier molecular flexibility index (Phi) is 4.14. The molecule has 0 fully saturated rings. The molecule has 130 valence electrons. The molecule has 0 aliphatic carbocycles. The summed E-state index contributed by atoms with van der Waals surface area (Å²) in [5.41, 5.74) is 2.73. The van der Waals surface area contributed by atoms with Crippen molar-refractivity contribution in [3.8, 4) is 17.0 Å². The molecule has 0 amide bonds. The van der Waals surface area contributed by atoms with Gasteiger partial charge in [-0.2, -0.15) is 0 Å². The molecule has 0 atom stereocenters. The number of para-hydroxylation sites is 1. The highest BCUT2D eigenvalue weighted by Crippen LogP contribution is 2.30. The lowest BCUT2D eigenvalue weighted by molar-refractivity contribution is -0.152. The molecule has 4 aromatic rings. The summed E-state index contributed by atoms with van der Waals surface area (Å²) < 4.78 is 13.1. The summed E-state index contributed by atoms with van der Waals surface area (Å²) in [6.45, 7) is 0.827.